The molecule has 0 saturated carbocycles. The predicted molar refractivity (Wildman–Crippen MR) is 76.9 cm³/mol. The molecule has 1 saturated heterocycles. The fourth-order valence-electron chi connectivity index (χ4n) is 2.12. The second kappa shape index (κ2) is 5.75. The monoisotopic (exact) mass is 372 g/mol. The Bertz CT molecular complexity index is 691. The van der Waals surface area contributed by atoms with Crippen LogP contribution in [0.3, 0.4) is 0 Å². The van der Waals surface area contributed by atoms with Crippen molar-refractivity contribution in [3.05, 3.63) is 33.6 Å². The van der Waals surface area contributed by atoms with Crippen LogP contribution in [0.4, 0.5) is 0 Å². The third kappa shape index (κ3) is 2.95. The number of carboxylic acid groups (broad SMARTS) is 1. The zero-order valence-electron chi connectivity index (χ0n) is 10.6. The van der Waals surface area contributed by atoms with Gasteiger partial charge in [0.05, 0.1) is 5.02 Å². The van der Waals surface area contributed by atoms with Crippen LogP contribution in [0.15, 0.2) is 27.2 Å². The van der Waals surface area contributed by atoms with Crippen molar-refractivity contribution in [2.75, 3.05) is 0 Å². The number of aliphatic carboxylic acids is 1. The smallest absolute Gasteiger partial charge is 0.332 e. The molecule has 1 fully saturated rings. The summed E-state index contributed by atoms with van der Waals surface area (Å²) in [6.45, 7) is 0. The van der Waals surface area contributed by atoms with Gasteiger partial charge in [-0.15, -0.1) is 0 Å². The quantitative estimate of drug-likeness (QED) is 0.887. The molecule has 2 unspecified atom stereocenters. The predicted octanol–water partition coefficient (Wildman–Crippen LogP) is 3.46. The van der Waals surface area contributed by atoms with E-state index in [4.69, 9.17) is 26.0 Å². The molecule has 0 spiro atoms. The number of halogens is 2. The number of carbonyl (C=O) groups is 1. The largest absolute Gasteiger partial charge is 0.479 e. The van der Waals surface area contributed by atoms with Gasteiger partial charge in [-0.1, -0.05) is 16.8 Å². The molecule has 1 aliphatic heterocycles. The Hall–Kier alpha value is -1.44. The number of ether oxygens (including phenoxy) is 1. The number of nitrogens with zero attached hydrogens (tertiary/aromatic N) is 2. The van der Waals surface area contributed by atoms with Crippen molar-refractivity contribution in [2.45, 2.75) is 25.0 Å². The van der Waals surface area contributed by atoms with Gasteiger partial charge in [-0.25, -0.2) is 4.79 Å². The summed E-state index contributed by atoms with van der Waals surface area (Å²) >= 11 is 9.27. The summed E-state index contributed by atoms with van der Waals surface area (Å²) in [5.41, 5.74) is 0.744. The van der Waals surface area contributed by atoms with Crippen LogP contribution in [0.25, 0.3) is 11.4 Å². The summed E-state index contributed by atoms with van der Waals surface area (Å²) in [6.07, 6.45) is -0.300. The van der Waals surface area contributed by atoms with E-state index in [0.717, 1.165) is 10.0 Å². The Kier molecular flexibility index (Phi) is 3.97. The van der Waals surface area contributed by atoms with E-state index in [2.05, 4.69) is 26.1 Å². The summed E-state index contributed by atoms with van der Waals surface area (Å²) in [6, 6.07) is 5.29. The third-order valence-electron chi connectivity index (χ3n) is 3.19. The average molecular weight is 374 g/mol. The lowest BCUT2D eigenvalue weighted by Gasteiger charge is -2.05. The highest BCUT2D eigenvalue weighted by Crippen LogP contribution is 2.33. The van der Waals surface area contributed by atoms with Gasteiger partial charge in [0, 0.05) is 10.0 Å². The van der Waals surface area contributed by atoms with Crippen LogP contribution >= 0.6 is 27.5 Å². The molecule has 0 amide bonds. The first-order chi connectivity index (χ1) is 10.0. The minimum Gasteiger partial charge on any atom is -0.479 e. The van der Waals surface area contributed by atoms with Crippen LogP contribution in [-0.2, 0) is 9.53 Å². The van der Waals surface area contributed by atoms with Gasteiger partial charge in [0.2, 0.25) is 5.82 Å². The topological polar surface area (TPSA) is 85.5 Å². The Morgan fingerprint density at radius 1 is 1.43 bits per heavy atom. The lowest BCUT2D eigenvalue weighted by molar-refractivity contribution is -0.150. The molecule has 0 aliphatic carbocycles. The minimum absolute atomic E-state index is 0.292. The van der Waals surface area contributed by atoms with E-state index < -0.39 is 18.2 Å². The van der Waals surface area contributed by atoms with Crippen LogP contribution < -0.4 is 0 Å². The number of carboxylic acids is 1. The van der Waals surface area contributed by atoms with Gasteiger partial charge in [-0.2, -0.15) is 4.98 Å². The lowest BCUT2D eigenvalue weighted by Crippen LogP contribution is -2.18. The first-order valence-electron chi connectivity index (χ1n) is 6.22. The zero-order chi connectivity index (χ0) is 15.0. The Morgan fingerprint density at radius 3 is 2.90 bits per heavy atom. The molecule has 0 bridgehead atoms. The van der Waals surface area contributed by atoms with Gasteiger partial charge in [-0.3, -0.25) is 0 Å². The molecule has 8 heteroatoms. The molecule has 1 N–H and O–H groups in total. The molecule has 1 aliphatic rings. The van der Waals surface area contributed by atoms with Gasteiger partial charge >= 0.3 is 5.97 Å². The van der Waals surface area contributed by atoms with E-state index in [1.54, 1.807) is 18.2 Å². The van der Waals surface area contributed by atoms with E-state index in [1.165, 1.54) is 0 Å². The van der Waals surface area contributed by atoms with Crippen molar-refractivity contribution < 1.29 is 19.2 Å². The maximum atomic E-state index is 10.9. The summed E-state index contributed by atoms with van der Waals surface area (Å²) in [5, 5.41) is 13.4. The molecule has 2 aromatic rings. The van der Waals surface area contributed by atoms with Gasteiger partial charge in [0.15, 0.2) is 6.10 Å². The van der Waals surface area contributed by atoms with Crippen molar-refractivity contribution in [2.24, 2.45) is 0 Å². The summed E-state index contributed by atoms with van der Waals surface area (Å²) in [4.78, 5) is 15.1. The highest BCUT2D eigenvalue weighted by Gasteiger charge is 2.34. The first-order valence-corrected chi connectivity index (χ1v) is 7.39. The molecule has 2 atom stereocenters. The fourth-order valence-corrected chi connectivity index (χ4v) is 2.62. The molecule has 2 heterocycles. The number of rotatable bonds is 3. The zero-order valence-corrected chi connectivity index (χ0v) is 13.0. The summed E-state index contributed by atoms with van der Waals surface area (Å²) < 4.78 is 11.3. The Morgan fingerprint density at radius 2 is 2.24 bits per heavy atom. The van der Waals surface area contributed by atoms with Crippen LogP contribution in [0, 0.1) is 0 Å². The van der Waals surface area contributed by atoms with Crippen molar-refractivity contribution in [3.63, 3.8) is 0 Å². The third-order valence-corrected chi connectivity index (χ3v) is 4.40. The van der Waals surface area contributed by atoms with E-state index in [9.17, 15) is 4.79 Å². The van der Waals surface area contributed by atoms with Crippen LogP contribution in [0.2, 0.25) is 5.02 Å². The van der Waals surface area contributed by atoms with E-state index >= 15 is 0 Å². The molecular weight excluding hydrogens is 364 g/mol. The summed E-state index contributed by atoms with van der Waals surface area (Å²) in [7, 11) is 0. The van der Waals surface area contributed by atoms with Gasteiger partial charge in [-0.05, 0) is 47.0 Å². The van der Waals surface area contributed by atoms with E-state index in [1.807, 2.05) is 0 Å². The van der Waals surface area contributed by atoms with E-state index in [-0.39, 0.29) is 0 Å². The molecule has 110 valence electrons. The highest BCUT2D eigenvalue weighted by atomic mass is 79.9. The van der Waals surface area contributed by atoms with Gasteiger partial charge < -0.3 is 14.4 Å². The van der Waals surface area contributed by atoms with Crippen molar-refractivity contribution in [1.29, 1.82) is 0 Å². The minimum atomic E-state index is -0.973. The number of benzene rings is 1. The van der Waals surface area contributed by atoms with Gasteiger partial charge in [0.1, 0.15) is 6.10 Å². The molecule has 1 aromatic carbocycles. The first kappa shape index (κ1) is 14.5. The molecule has 21 heavy (non-hydrogen) atoms. The molecule has 3 rings (SSSR count). The van der Waals surface area contributed by atoms with Crippen LogP contribution in [-0.4, -0.2) is 27.3 Å². The van der Waals surface area contributed by atoms with E-state index in [0.29, 0.717) is 29.6 Å². The lowest BCUT2D eigenvalue weighted by atomic mass is 10.2. The number of aromatic nitrogens is 2. The normalized spacial score (nSPS) is 21.6. The number of hydrogen-bond acceptors (Lipinski definition) is 5. The highest BCUT2D eigenvalue weighted by molar-refractivity contribution is 9.10. The van der Waals surface area contributed by atoms with Crippen molar-refractivity contribution >= 4 is 33.5 Å². The Balaban J connectivity index is 1.80. The van der Waals surface area contributed by atoms with Crippen molar-refractivity contribution in [1.82, 2.24) is 10.1 Å². The van der Waals surface area contributed by atoms with Gasteiger partial charge in [0.25, 0.3) is 5.89 Å². The number of hydrogen-bond donors (Lipinski definition) is 1. The molecule has 1 aromatic heterocycles. The standard InChI is InChI=1S/C13H10BrClN2O4/c14-7-5-6(1-2-8(7)15)11-16-12(21-17-11)9-3-4-10(20-9)13(18)19/h1-2,5,9-10H,3-4H2,(H,18,19). The molecule has 0 radical (unpaired) electrons. The Labute approximate surface area is 133 Å². The summed E-state index contributed by atoms with van der Waals surface area (Å²) in [5.74, 6) is -0.275. The second-order valence-electron chi connectivity index (χ2n) is 4.61. The molecular formula is C13H10BrClN2O4. The molecule has 6 nitrogen and oxygen atoms in total. The second-order valence-corrected chi connectivity index (χ2v) is 5.88. The van der Waals surface area contributed by atoms with Crippen LogP contribution in [0.1, 0.15) is 24.8 Å². The maximum Gasteiger partial charge on any atom is 0.332 e. The maximum absolute atomic E-state index is 10.9. The SMILES string of the molecule is O=C(O)C1CCC(c2nc(-c3ccc(Cl)c(Br)c3)no2)O1. The van der Waals surface area contributed by atoms with Crippen LogP contribution in [0.5, 0.6) is 0 Å². The van der Waals surface area contributed by atoms with Crippen molar-refractivity contribution in [3.8, 4) is 11.4 Å². The fraction of sp³-hybridized carbons (Fsp3) is 0.308. The average Bonchev–Trinajstić information content (AvgIpc) is 3.09.